The zero-order chi connectivity index (χ0) is 16.9. The zero-order valence-corrected chi connectivity index (χ0v) is 13.2. The van der Waals surface area contributed by atoms with Crippen molar-refractivity contribution in [1.29, 1.82) is 0 Å². The molecule has 2 N–H and O–H groups in total. The van der Waals surface area contributed by atoms with Crippen molar-refractivity contribution in [3.63, 3.8) is 0 Å². The Bertz CT molecular complexity index is 776. The average Bonchev–Trinajstić information content (AvgIpc) is 3.06. The van der Waals surface area contributed by atoms with Gasteiger partial charge in [0.1, 0.15) is 0 Å². The van der Waals surface area contributed by atoms with Gasteiger partial charge in [-0.25, -0.2) is 0 Å². The van der Waals surface area contributed by atoms with Gasteiger partial charge in [-0.05, 0) is 29.8 Å². The first-order chi connectivity index (χ1) is 11.6. The Morgan fingerprint density at radius 2 is 1.92 bits per heavy atom. The SMILES string of the molecule is CC(=O)NCc1cc(C(=O)NCc2ccc3c(c2)OCO3)ccn1. The van der Waals surface area contributed by atoms with Crippen LogP contribution in [-0.4, -0.2) is 23.6 Å². The van der Waals surface area contributed by atoms with Crippen LogP contribution in [0.3, 0.4) is 0 Å². The summed E-state index contributed by atoms with van der Waals surface area (Å²) in [6.07, 6.45) is 1.55. The largest absolute Gasteiger partial charge is 0.454 e. The van der Waals surface area contributed by atoms with E-state index in [9.17, 15) is 9.59 Å². The molecule has 0 radical (unpaired) electrons. The molecule has 1 aliphatic rings. The molecule has 1 aromatic heterocycles. The predicted octanol–water partition coefficient (Wildman–Crippen LogP) is 1.38. The lowest BCUT2D eigenvalue weighted by Gasteiger charge is -2.08. The summed E-state index contributed by atoms with van der Waals surface area (Å²) in [5.41, 5.74) is 2.03. The van der Waals surface area contributed by atoms with Crippen molar-refractivity contribution < 1.29 is 19.1 Å². The van der Waals surface area contributed by atoms with E-state index in [2.05, 4.69) is 15.6 Å². The Morgan fingerprint density at radius 1 is 1.08 bits per heavy atom. The topological polar surface area (TPSA) is 89.6 Å². The molecule has 0 bridgehead atoms. The monoisotopic (exact) mass is 327 g/mol. The fraction of sp³-hybridized carbons (Fsp3) is 0.235. The molecule has 24 heavy (non-hydrogen) atoms. The number of nitrogens with zero attached hydrogens (tertiary/aromatic N) is 1. The van der Waals surface area contributed by atoms with E-state index in [1.165, 1.54) is 6.92 Å². The maximum absolute atomic E-state index is 12.3. The molecule has 7 nitrogen and oxygen atoms in total. The number of hydrogen-bond donors (Lipinski definition) is 2. The summed E-state index contributed by atoms with van der Waals surface area (Å²) >= 11 is 0. The van der Waals surface area contributed by atoms with Crippen LogP contribution < -0.4 is 20.1 Å². The van der Waals surface area contributed by atoms with Crippen LogP contribution in [0.15, 0.2) is 36.5 Å². The molecule has 3 rings (SSSR count). The molecule has 1 aliphatic heterocycles. The van der Waals surface area contributed by atoms with Crippen molar-refractivity contribution in [3.8, 4) is 11.5 Å². The molecule has 0 saturated heterocycles. The maximum atomic E-state index is 12.3. The van der Waals surface area contributed by atoms with Crippen LogP contribution in [-0.2, 0) is 17.9 Å². The number of benzene rings is 1. The minimum atomic E-state index is -0.209. The van der Waals surface area contributed by atoms with Crippen LogP contribution in [0.5, 0.6) is 11.5 Å². The van der Waals surface area contributed by atoms with E-state index >= 15 is 0 Å². The molecule has 0 unspecified atom stereocenters. The lowest BCUT2D eigenvalue weighted by atomic mass is 10.1. The Balaban J connectivity index is 1.60. The number of carbonyl (C=O) groups excluding carboxylic acids is 2. The number of fused-ring (bicyclic) bond motifs is 1. The molecule has 0 atom stereocenters. The second-order valence-electron chi connectivity index (χ2n) is 5.32. The molecule has 2 heterocycles. The second kappa shape index (κ2) is 6.99. The predicted molar refractivity (Wildman–Crippen MR) is 85.5 cm³/mol. The third-order valence-electron chi connectivity index (χ3n) is 3.49. The third kappa shape index (κ3) is 3.81. The number of nitrogens with one attached hydrogen (secondary N) is 2. The van der Waals surface area contributed by atoms with E-state index < -0.39 is 0 Å². The van der Waals surface area contributed by atoms with Crippen LogP contribution in [0.4, 0.5) is 0 Å². The van der Waals surface area contributed by atoms with E-state index in [0.717, 1.165) is 5.56 Å². The number of carbonyl (C=O) groups is 2. The maximum Gasteiger partial charge on any atom is 0.251 e. The number of aromatic nitrogens is 1. The Morgan fingerprint density at radius 3 is 2.75 bits per heavy atom. The summed E-state index contributed by atoms with van der Waals surface area (Å²) in [5.74, 6) is 1.04. The van der Waals surface area contributed by atoms with Gasteiger partial charge >= 0.3 is 0 Å². The molecule has 2 aromatic rings. The third-order valence-corrected chi connectivity index (χ3v) is 3.49. The minimum Gasteiger partial charge on any atom is -0.454 e. The van der Waals surface area contributed by atoms with E-state index in [1.54, 1.807) is 18.3 Å². The smallest absolute Gasteiger partial charge is 0.251 e. The van der Waals surface area contributed by atoms with Crippen molar-refractivity contribution in [2.24, 2.45) is 0 Å². The fourth-order valence-corrected chi connectivity index (χ4v) is 2.27. The zero-order valence-electron chi connectivity index (χ0n) is 13.2. The number of amides is 2. The number of rotatable bonds is 5. The summed E-state index contributed by atoms with van der Waals surface area (Å²) in [6.45, 7) is 2.32. The first kappa shape index (κ1) is 15.8. The van der Waals surface area contributed by atoms with Crippen LogP contribution in [0.2, 0.25) is 0 Å². The lowest BCUT2D eigenvalue weighted by Crippen LogP contribution is -2.24. The standard InChI is InChI=1S/C17H17N3O4/c1-11(21)19-9-14-7-13(4-5-18-14)17(22)20-8-12-2-3-15-16(6-12)24-10-23-15/h2-7H,8-10H2,1H3,(H,19,21)(H,20,22). The van der Waals surface area contributed by atoms with Gasteiger partial charge in [0.05, 0.1) is 12.2 Å². The van der Waals surface area contributed by atoms with Gasteiger partial charge in [-0.1, -0.05) is 6.07 Å². The molecule has 124 valence electrons. The van der Waals surface area contributed by atoms with Gasteiger partial charge in [-0.3, -0.25) is 14.6 Å². The summed E-state index contributed by atoms with van der Waals surface area (Å²) in [7, 11) is 0. The molecule has 2 amide bonds. The van der Waals surface area contributed by atoms with E-state index in [-0.39, 0.29) is 18.6 Å². The van der Waals surface area contributed by atoms with Crippen LogP contribution in [0.25, 0.3) is 0 Å². The summed E-state index contributed by atoms with van der Waals surface area (Å²) in [4.78, 5) is 27.3. The molecule has 7 heteroatoms. The highest BCUT2D eigenvalue weighted by molar-refractivity contribution is 5.94. The van der Waals surface area contributed by atoms with Gasteiger partial charge in [0.25, 0.3) is 5.91 Å². The van der Waals surface area contributed by atoms with Gasteiger partial charge in [0.15, 0.2) is 11.5 Å². The second-order valence-corrected chi connectivity index (χ2v) is 5.32. The van der Waals surface area contributed by atoms with E-state index in [4.69, 9.17) is 9.47 Å². The molecular formula is C17H17N3O4. The summed E-state index contributed by atoms with van der Waals surface area (Å²) in [5, 5.41) is 5.50. The van der Waals surface area contributed by atoms with Crippen molar-refractivity contribution >= 4 is 11.8 Å². The van der Waals surface area contributed by atoms with Gasteiger partial charge < -0.3 is 20.1 Å². The Hall–Kier alpha value is -3.09. The first-order valence-electron chi connectivity index (χ1n) is 7.48. The normalized spacial score (nSPS) is 11.9. The quantitative estimate of drug-likeness (QED) is 0.866. The molecule has 0 aliphatic carbocycles. The molecular weight excluding hydrogens is 310 g/mol. The van der Waals surface area contributed by atoms with Gasteiger partial charge in [0.2, 0.25) is 12.7 Å². The van der Waals surface area contributed by atoms with Gasteiger partial charge in [0, 0.05) is 25.2 Å². The van der Waals surface area contributed by atoms with Crippen molar-refractivity contribution in [3.05, 3.63) is 53.3 Å². The molecule has 1 aromatic carbocycles. The highest BCUT2D eigenvalue weighted by Gasteiger charge is 2.14. The van der Waals surface area contributed by atoms with Crippen molar-refractivity contribution in [1.82, 2.24) is 15.6 Å². The molecule has 0 spiro atoms. The Kier molecular flexibility index (Phi) is 4.60. The lowest BCUT2D eigenvalue weighted by molar-refractivity contribution is -0.119. The van der Waals surface area contributed by atoms with Gasteiger partial charge in [-0.15, -0.1) is 0 Å². The van der Waals surface area contributed by atoms with Crippen molar-refractivity contribution in [2.75, 3.05) is 6.79 Å². The number of pyridine rings is 1. The van der Waals surface area contributed by atoms with E-state index in [0.29, 0.717) is 35.8 Å². The average molecular weight is 327 g/mol. The Labute approximate surface area is 139 Å². The first-order valence-corrected chi connectivity index (χ1v) is 7.48. The number of hydrogen-bond acceptors (Lipinski definition) is 5. The van der Waals surface area contributed by atoms with Crippen LogP contribution in [0.1, 0.15) is 28.5 Å². The highest BCUT2D eigenvalue weighted by atomic mass is 16.7. The number of ether oxygens (including phenoxy) is 2. The molecule has 0 fully saturated rings. The van der Waals surface area contributed by atoms with Crippen LogP contribution in [0, 0.1) is 0 Å². The fourth-order valence-electron chi connectivity index (χ4n) is 2.27. The molecule has 0 saturated carbocycles. The summed E-state index contributed by atoms with van der Waals surface area (Å²) < 4.78 is 10.6. The van der Waals surface area contributed by atoms with Gasteiger partial charge in [-0.2, -0.15) is 0 Å². The minimum absolute atomic E-state index is 0.144. The van der Waals surface area contributed by atoms with E-state index in [1.807, 2.05) is 18.2 Å². The van der Waals surface area contributed by atoms with Crippen LogP contribution >= 0.6 is 0 Å². The highest BCUT2D eigenvalue weighted by Crippen LogP contribution is 2.32. The van der Waals surface area contributed by atoms with Crippen molar-refractivity contribution in [2.45, 2.75) is 20.0 Å². The summed E-state index contributed by atoms with van der Waals surface area (Å²) in [6, 6.07) is 8.83.